The number of hydrogen-bond acceptors (Lipinski definition) is 5. The van der Waals surface area contributed by atoms with Crippen LogP contribution in [0.4, 0.5) is 5.95 Å². The molecule has 2 heterocycles. The summed E-state index contributed by atoms with van der Waals surface area (Å²) in [4.78, 5) is 7.22. The van der Waals surface area contributed by atoms with Crippen molar-refractivity contribution in [3.05, 3.63) is 30.0 Å². The summed E-state index contributed by atoms with van der Waals surface area (Å²) < 4.78 is 5.05. The minimum Gasteiger partial charge on any atom is -0.365 e. The number of nitrogens with two attached hydrogens (primary N) is 2. The summed E-state index contributed by atoms with van der Waals surface area (Å²) >= 11 is 0. The maximum absolute atomic E-state index is 5.59. The van der Waals surface area contributed by atoms with E-state index in [1.165, 1.54) is 5.56 Å². The Morgan fingerprint density at radius 2 is 2.22 bits per heavy atom. The first-order valence-electron chi connectivity index (χ1n) is 5.67. The highest BCUT2D eigenvalue weighted by Gasteiger charge is 2.09. The number of anilines is 1. The number of hydrogen-bond donors (Lipinski definition) is 3. The van der Waals surface area contributed by atoms with Crippen LogP contribution in [0.3, 0.4) is 0 Å². The van der Waals surface area contributed by atoms with E-state index in [2.05, 4.69) is 15.1 Å². The first kappa shape index (κ1) is 10.8. The maximum Gasteiger partial charge on any atom is 0.261 e. The molecule has 0 saturated carbocycles. The monoisotopic (exact) mass is 243 g/mol. The zero-order valence-electron chi connectivity index (χ0n) is 9.68. The van der Waals surface area contributed by atoms with Crippen molar-refractivity contribution in [2.75, 3.05) is 12.3 Å². The van der Waals surface area contributed by atoms with Gasteiger partial charge in [-0.15, -0.1) is 0 Å². The lowest BCUT2D eigenvalue weighted by Gasteiger charge is -1.98. The maximum atomic E-state index is 5.59. The number of nitrogens with one attached hydrogen (secondary N) is 1. The summed E-state index contributed by atoms with van der Waals surface area (Å²) in [5.74, 6) is 0.565. The molecule has 1 aromatic carbocycles. The number of aromatic amines is 1. The first-order chi connectivity index (χ1) is 8.78. The van der Waals surface area contributed by atoms with Gasteiger partial charge in [-0.05, 0) is 41.9 Å². The van der Waals surface area contributed by atoms with Crippen molar-refractivity contribution in [2.45, 2.75) is 6.42 Å². The molecule has 0 saturated heterocycles. The minimum atomic E-state index is 0.140. The SMILES string of the molecule is NCCc1c[nH]c2ccc(-c3nc(N)no3)cc12. The van der Waals surface area contributed by atoms with Crippen molar-refractivity contribution in [2.24, 2.45) is 5.73 Å². The lowest BCUT2D eigenvalue weighted by molar-refractivity contribution is 0.433. The highest BCUT2D eigenvalue weighted by atomic mass is 16.5. The van der Waals surface area contributed by atoms with Gasteiger partial charge in [0.05, 0.1) is 0 Å². The number of benzene rings is 1. The Morgan fingerprint density at radius 1 is 1.33 bits per heavy atom. The number of aromatic nitrogens is 3. The predicted octanol–water partition coefficient (Wildman–Crippen LogP) is 1.30. The van der Waals surface area contributed by atoms with Crippen molar-refractivity contribution in [3.63, 3.8) is 0 Å². The number of rotatable bonds is 3. The van der Waals surface area contributed by atoms with E-state index in [0.717, 1.165) is 22.9 Å². The van der Waals surface area contributed by atoms with Gasteiger partial charge < -0.3 is 21.0 Å². The van der Waals surface area contributed by atoms with E-state index in [4.69, 9.17) is 16.0 Å². The molecule has 0 radical (unpaired) electrons. The third-order valence-corrected chi connectivity index (χ3v) is 2.87. The van der Waals surface area contributed by atoms with Gasteiger partial charge in [-0.1, -0.05) is 0 Å². The second-order valence-electron chi connectivity index (χ2n) is 4.07. The van der Waals surface area contributed by atoms with Crippen LogP contribution in [0.2, 0.25) is 0 Å². The molecule has 2 aromatic heterocycles. The topological polar surface area (TPSA) is 107 Å². The second kappa shape index (κ2) is 4.15. The molecule has 0 atom stereocenters. The minimum absolute atomic E-state index is 0.140. The first-order valence-corrected chi connectivity index (χ1v) is 5.67. The Hall–Kier alpha value is -2.34. The van der Waals surface area contributed by atoms with Gasteiger partial charge in [-0.25, -0.2) is 0 Å². The van der Waals surface area contributed by atoms with Crippen LogP contribution in [-0.4, -0.2) is 21.7 Å². The van der Waals surface area contributed by atoms with Crippen LogP contribution in [0.25, 0.3) is 22.4 Å². The summed E-state index contributed by atoms with van der Waals surface area (Å²) in [5.41, 5.74) is 14.1. The molecule has 0 fully saturated rings. The summed E-state index contributed by atoms with van der Waals surface area (Å²) in [6.07, 6.45) is 2.80. The van der Waals surface area contributed by atoms with Gasteiger partial charge in [0.1, 0.15) is 0 Å². The summed E-state index contributed by atoms with van der Waals surface area (Å²) in [6.45, 7) is 0.616. The largest absolute Gasteiger partial charge is 0.365 e. The fraction of sp³-hybridized carbons (Fsp3) is 0.167. The molecule has 92 valence electrons. The Balaban J connectivity index is 2.11. The van der Waals surface area contributed by atoms with Crippen LogP contribution in [0.15, 0.2) is 28.9 Å². The van der Waals surface area contributed by atoms with Gasteiger partial charge in [-0.3, -0.25) is 0 Å². The van der Waals surface area contributed by atoms with Gasteiger partial charge >= 0.3 is 0 Å². The quantitative estimate of drug-likeness (QED) is 0.642. The lowest BCUT2D eigenvalue weighted by Crippen LogP contribution is -2.01. The molecule has 6 heteroatoms. The Kier molecular flexibility index (Phi) is 2.49. The van der Waals surface area contributed by atoms with Crippen molar-refractivity contribution >= 4 is 16.9 Å². The van der Waals surface area contributed by atoms with Crippen molar-refractivity contribution < 1.29 is 4.52 Å². The molecule has 0 aliphatic carbocycles. The third kappa shape index (κ3) is 1.72. The van der Waals surface area contributed by atoms with E-state index in [-0.39, 0.29) is 5.95 Å². The van der Waals surface area contributed by atoms with Crippen molar-refractivity contribution in [3.8, 4) is 11.5 Å². The number of fused-ring (bicyclic) bond motifs is 1. The smallest absolute Gasteiger partial charge is 0.261 e. The molecule has 0 bridgehead atoms. The number of nitrogens with zero attached hydrogens (tertiary/aromatic N) is 2. The Morgan fingerprint density at radius 3 is 2.94 bits per heavy atom. The van der Waals surface area contributed by atoms with E-state index >= 15 is 0 Å². The molecule has 0 amide bonds. The molecular weight excluding hydrogens is 230 g/mol. The van der Waals surface area contributed by atoms with Gasteiger partial charge in [0.15, 0.2) is 0 Å². The van der Waals surface area contributed by atoms with Gasteiger partial charge in [-0.2, -0.15) is 4.98 Å². The average Bonchev–Trinajstić information content (AvgIpc) is 2.96. The molecule has 18 heavy (non-hydrogen) atoms. The van der Waals surface area contributed by atoms with Crippen molar-refractivity contribution in [1.29, 1.82) is 0 Å². The fourth-order valence-electron chi connectivity index (χ4n) is 2.03. The van der Waals surface area contributed by atoms with E-state index in [1.807, 2.05) is 24.4 Å². The second-order valence-corrected chi connectivity index (χ2v) is 4.07. The molecule has 6 nitrogen and oxygen atoms in total. The highest BCUT2D eigenvalue weighted by Crippen LogP contribution is 2.25. The molecule has 0 unspecified atom stereocenters. The molecule has 3 rings (SSSR count). The number of nitrogen functional groups attached to an aromatic ring is 1. The molecule has 0 aliphatic rings. The molecule has 5 N–H and O–H groups in total. The van der Waals surface area contributed by atoms with E-state index in [9.17, 15) is 0 Å². The van der Waals surface area contributed by atoms with Gasteiger partial charge in [0.2, 0.25) is 0 Å². The van der Waals surface area contributed by atoms with Gasteiger partial charge in [0.25, 0.3) is 11.8 Å². The molecule has 3 aromatic rings. The zero-order chi connectivity index (χ0) is 12.5. The molecule has 0 aliphatic heterocycles. The Bertz CT molecular complexity index is 685. The normalized spacial score (nSPS) is 11.2. The average molecular weight is 243 g/mol. The van der Waals surface area contributed by atoms with Gasteiger partial charge in [0, 0.05) is 22.7 Å². The van der Waals surface area contributed by atoms with Crippen LogP contribution in [0.5, 0.6) is 0 Å². The van der Waals surface area contributed by atoms with Crippen molar-refractivity contribution in [1.82, 2.24) is 15.1 Å². The summed E-state index contributed by atoms with van der Waals surface area (Å²) in [6, 6.07) is 5.90. The Labute approximate surface area is 103 Å². The highest BCUT2D eigenvalue weighted by molar-refractivity contribution is 5.87. The summed E-state index contributed by atoms with van der Waals surface area (Å²) in [5, 5.41) is 4.70. The standard InChI is InChI=1S/C12H13N5O/c13-4-3-8-6-15-10-2-1-7(5-9(8)10)11-16-12(14)17-18-11/h1-2,5-6,15H,3-4,13H2,(H2,14,17). The molecular formula is C12H13N5O. The van der Waals surface area contributed by atoms with E-state index < -0.39 is 0 Å². The van der Waals surface area contributed by atoms with E-state index in [1.54, 1.807) is 0 Å². The lowest BCUT2D eigenvalue weighted by atomic mass is 10.1. The summed E-state index contributed by atoms with van der Waals surface area (Å²) in [7, 11) is 0. The zero-order valence-corrected chi connectivity index (χ0v) is 9.68. The van der Waals surface area contributed by atoms with Crippen LogP contribution in [0, 0.1) is 0 Å². The predicted molar refractivity (Wildman–Crippen MR) is 68.8 cm³/mol. The van der Waals surface area contributed by atoms with Crippen LogP contribution in [-0.2, 0) is 6.42 Å². The fourth-order valence-corrected chi connectivity index (χ4v) is 2.03. The van der Waals surface area contributed by atoms with Crippen LogP contribution >= 0.6 is 0 Å². The molecule has 0 spiro atoms. The van der Waals surface area contributed by atoms with E-state index in [0.29, 0.717) is 12.4 Å². The van der Waals surface area contributed by atoms with Crippen LogP contribution in [0.1, 0.15) is 5.56 Å². The number of H-pyrrole nitrogens is 1. The third-order valence-electron chi connectivity index (χ3n) is 2.87. The van der Waals surface area contributed by atoms with Crippen LogP contribution < -0.4 is 11.5 Å².